The first-order valence-electron chi connectivity index (χ1n) is 5.37. The van der Waals surface area contributed by atoms with Crippen LogP contribution in [0.15, 0.2) is 29.2 Å². The van der Waals surface area contributed by atoms with Crippen molar-refractivity contribution in [3.8, 4) is 0 Å². The van der Waals surface area contributed by atoms with Crippen molar-refractivity contribution in [2.75, 3.05) is 12.3 Å². The van der Waals surface area contributed by atoms with Crippen molar-refractivity contribution in [2.45, 2.75) is 31.1 Å². The van der Waals surface area contributed by atoms with E-state index in [0.717, 1.165) is 5.56 Å². The minimum absolute atomic E-state index is 0.117. The average molecular weight is 241 g/mol. The van der Waals surface area contributed by atoms with Crippen LogP contribution < -0.4 is 5.73 Å². The van der Waals surface area contributed by atoms with Crippen LogP contribution in [0.1, 0.15) is 26.3 Å². The van der Waals surface area contributed by atoms with Crippen LogP contribution in [0.3, 0.4) is 0 Å². The van der Waals surface area contributed by atoms with Crippen LogP contribution in [0.2, 0.25) is 0 Å². The van der Waals surface area contributed by atoms with Crippen molar-refractivity contribution < 1.29 is 8.42 Å². The van der Waals surface area contributed by atoms with Gasteiger partial charge in [0.25, 0.3) is 0 Å². The maximum absolute atomic E-state index is 11.6. The lowest BCUT2D eigenvalue weighted by Gasteiger charge is -2.23. The summed E-state index contributed by atoms with van der Waals surface area (Å²) >= 11 is 0. The SMILES string of the molecule is CCS(=O)(=O)c1ccc(C(C)(C)CN)cc1. The molecule has 2 N–H and O–H groups in total. The molecular weight excluding hydrogens is 222 g/mol. The molecule has 0 aromatic heterocycles. The predicted molar refractivity (Wildman–Crippen MR) is 66.2 cm³/mol. The molecule has 0 unspecified atom stereocenters. The van der Waals surface area contributed by atoms with Gasteiger partial charge in [0, 0.05) is 12.0 Å². The van der Waals surface area contributed by atoms with E-state index in [1.54, 1.807) is 19.1 Å². The van der Waals surface area contributed by atoms with Crippen LogP contribution >= 0.6 is 0 Å². The molecule has 0 radical (unpaired) electrons. The first-order valence-corrected chi connectivity index (χ1v) is 7.02. The summed E-state index contributed by atoms with van der Waals surface area (Å²) in [7, 11) is -3.10. The standard InChI is InChI=1S/C12H19NO2S/c1-4-16(14,15)11-7-5-10(6-8-11)12(2,3)9-13/h5-8H,4,9,13H2,1-3H3. The third kappa shape index (κ3) is 2.62. The van der Waals surface area contributed by atoms with Gasteiger partial charge in [-0.1, -0.05) is 32.9 Å². The molecule has 1 rings (SSSR count). The molecule has 1 aromatic rings. The van der Waals surface area contributed by atoms with E-state index in [1.807, 2.05) is 26.0 Å². The third-order valence-electron chi connectivity index (χ3n) is 2.89. The molecule has 0 aliphatic carbocycles. The van der Waals surface area contributed by atoms with Gasteiger partial charge in [-0.25, -0.2) is 8.42 Å². The van der Waals surface area contributed by atoms with E-state index in [0.29, 0.717) is 11.4 Å². The number of rotatable bonds is 4. The second kappa shape index (κ2) is 4.55. The monoisotopic (exact) mass is 241 g/mol. The van der Waals surface area contributed by atoms with E-state index in [1.165, 1.54) is 0 Å². The summed E-state index contributed by atoms with van der Waals surface area (Å²) in [6.45, 7) is 6.26. The molecule has 0 saturated heterocycles. The molecule has 0 aliphatic heterocycles. The Morgan fingerprint density at radius 3 is 2.06 bits per heavy atom. The summed E-state index contributed by atoms with van der Waals surface area (Å²) in [5.41, 5.74) is 6.61. The maximum Gasteiger partial charge on any atom is 0.178 e. The van der Waals surface area contributed by atoms with Crippen molar-refractivity contribution in [3.05, 3.63) is 29.8 Å². The van der Waals surface area contributed by atoms with Crippen molar-refractivity contribution in [2.24, 2.45) is 5.73 Å². The van der Waals surface area contributed by atoms with Crippen LogP contribution in [0, 0.1) is 0 Å². The van der Waals surface area contributed by atoms with Gasteiger partial charge >= 0.3 is 0 Å². The smallest absolute Gasteiger partial charge is 0.178 e. The predicted octanol–water partition coefficient (Wildman–Crippen LogP) is 1.72. The number of hydrogen-bond donors (Lipinski definition) is 1. The Morgan fingerprint density at radius 1 is 1.19 bits per heavy atom. The summed E-state index contributed by atoms with van der Waals surface area (Å²) in [4.78, 5) is 0.381. The van der Waals surface area contributed by atoms with Crippen LogP contribution in [0.5, 0.6) is 0 Å². The van der Waals surface area contributed by atoms with Gasteiger partial charge in [0.15, 0.2) is 9.84 Å². The summed E-state index contributed by atoms with van der Waals surface area (Å²) in [6.07, 6.45) is 0. The first-order chi connectivity index (χ1) is 7.33. The lowest BCUT2D eigenvalue weighted by atomic mass is 9.85. The normalized spacial score (nSPS) is 12.8. The van der Waals surface area contributed by atoms with Crippen molar-refractivity contribution in [1.82, 2.24) is 0 Å². The second-order valence-corrected chi connectivity index (χ2v) is 6.79. The summed E-state index contributed by atoms with van der Waals surface area (Å²) < 4.78 is 23.2. The third-order valence-corrected chi connectivity index (χ3v) is 4.64. The Balaban J connectivity index is 3.10. The van der Waals surface area contributed by atoms with E-state index in [2.05, 4.69) is 0 Å². The summed E-state index contributed by atoms with van der Waals surface area (Å²) in [6, 6.07) is 7.00. The van der Waals surface area contributed by atoms with Gasteiger partial charge in [-0.2, -0.15) is 0 Å². The first kappa shape index (κ1) is 13.2. The molecule has 0 heterocycles. The van der Waals surface area contributed by atoms with Crippen LogP contribution in [-0.4, -0.2) is 20.7 Å². The minimum atomic E-state index is -3.10. The van der Waals surface area contributed by atoms with Crippen molar-refractivity contribution in [1.29, 1.82) is 0 Å². The molecule has 0 fully saturated rings. The highest BCUT2D eigenvalue weighted by Gasteiger charge is 2.19. The molecular formula is C12H19NO2S. The molecule has 1 aromatic carbocycles. The minimum Gasteiger partial charge on any atom is -0.330 e. The zero-order valence-corrected chi connectivity index (χ0v) is 10.8. The Morgan fingerprint density at radius 2 is 1.69 bits per heavy atom. The quantitative estimate of drug-likeness (QED) is 0.873. The molecule has 0 bridgehead atoms. The fourth-order valence-corrected chi connectivity index (χ4v) is 2.28. The van der Waals surface area contributed by atoms with E-state index >= 15 is 0 Å². The van der Waals surface area contributed by atoms with Crippen molar-refractivity contribution >= 4 is 9.84 Å². The average Bonchev–Trinajstić information content (AvgIpc) is 2.29. The Kier molecular flexibility index (Phi) is 3.76. The second-order valence-electron chi connectivity index (χ2n) is 4.52. The zero-order valence-electron chi connectivity index (χ0n) is 10.0. The molecule has 0 saturated carbocycles. The van der Waals surface area contributed by atoms with E-state index in [-0.39, 0.29) is 11.2 Å². The Bertz CT molecular complexity index is 446. The van der Waals surface area contributed by atoms with Gasteiger partial charge in [0.1, 0.15) is 0 Å². The highest BCUT2D eigenvalue weighted by atomic mass is 32.2. The summed E-state index contributed by atoms with van der Waals surface area (Å²) in [5, 5.41) is 0. The van der Waals surface area contributed by atoms with Gasteiger partial charge < -0.3 is 5.73 Å². The molecule has 3 nitrogen and oxygen atoms in total. The number of nitrogens with two attached hydrogens (primary N) is 1. The van der Waals surface area contributed by atoms with Crippen LogP contribution in [-0.2, 0) is 15.3 Å². The van der Waals surface area contributed by atoms with E-state index < -0.39 is 9.84 Å². The highest BCUT2D eigenvalue weighted by Crippen LogP contribution is 2.23. The van der Waals surface area contributed by atoms with E-state index in [4.69, 9.17) is 5.73 Å². The lowest BCUT2D eigenvalue weighted by molar-refractivity contribution is 0.538. The number of sulfone groups is 1. The van der Waals surface area contributed by atoms with Gasteiger partial charge in [-0.15, -0.1) is 0 Å². The van der Waals surface area contributed by atoms with E-state index in [9.17, 15) is 8.42 Å². The number of hydrogen-bond acceptors (Lipinski definition) is 3. The number of benzene rings is 1. The van der Waals surface area contributed by atoms with Gasteiger partial charge in [-0.05, 0) is 17.7 Å². The summed E-state index contributed by atoms with van der Waals surface area (Å²) in [5.74, 6) is 0.132. The Labute approximate surface area is 97.6 Å². The molecule has 0 aliphatic rings. The molecule has 0 spiro atoms. The molecule has 4 heteroatoms. The van der Waals surface area contributed by atoms with Gasteiger partial charge in [0.05, 0.1) is 10.6 Å². The fraction of sp³-hybridized carbons (Fsp3) is 0.500. The largest absolute Gasteiger partial charge is 0.330 e. The molecule has 16 heavy (non-hydrogen) atoms. The van der Waals surface area contributed by atoms with Gasteiger partial charge in [-0.3, -0.25) is 0 Å². The van der Waals surface area contributed by atoms with Crippen molar-refractivity contribution in [3.63, 3.8) is 0 Å². The topological polar surface area (TPSA) is 60.2 Å². The fourth-order valence-electron chi connectivity index (χ4n) is 1.40. The zero-order chi connectivity index (χ0) is 12.4. The maximum atomic E-state index is 11.6. The molecule has 0 atom stereocenters. The van der Waals surface area contributed by atoms with Gasteiger partial charge in [0.2, 0.25) is 0 Å². The van der Waals surface area contributed by atoms with Crippen LogP contribution in [0.25, 0.3) is 0 Å². The highest BCUT2D eigenvalue weighted by molar-refractivity contribution is 7.91. The Hall–Kier alpha value is -0.870. The van der Waals surface area contributed by atoms with Crippen LogP contribution in [0.4, 0.5) is 0 Å². The lowest BCUT2D eigenvalue weighted by Crippen LogP contribution is -2.28. The molecule has 90 valence electrons. The molecule has 0 amide bonds.